The average molecular weight is 241 g/mol. The predicted molar refractivity (Wildman–Crippen MR) is 58.3 cm³/mol. The maximum absolute atomic E-state index is 13.4. The van der Waals surface area contributed by atoms with Crippen LogP contribution in [0.25, 0.3) is 10.6 Å². The molecule has 1 heterocycles. The summed E-state index contributed by atoms with van der Waals surface area (Å²) < 4.78 is 26.4. The van der Waals surface area contributed by atoms with Gasteiger partial charge < -0.3 is 5.11 Å². The van der Waals surface area contributed by atoms with Crippen molar-refractivity contribution < 1.29 is 13.9 Å². The molecule has 0 radical (unpaired) electrons. The van der Waals surface area contributed by atoms with E-state index in [4.69, 9.17) is 5.11 Å². The van der Waals surface area contributed by atoms with E-state index in [1.807, 2.05) is 0 Å². The minimum Gasteiger partial charge on any atom is -0.396 e. The van der Waals surface area contributed by atoms with Crippen LogP contribution >= 0.6 is 11.3 Å². The number of aliphatic hydroxyl groups excluding tert-OH is 1. The van der Waals surface area contributed by atoms with Crippen molar-refractivity contribution in [1.82, 2.24) is 4.98 Å². The molecule has 16 heavy (non-hydrogen) atoms. The second-order valence-electron chi connectivity index (χ2n) is 3.24. The van der Waals surface area contributed by atoms with Crippen LogP contribution in [0.3, 0.4) is 0 Å². The van der Waals surface area contributed by atoms with Crippen molar-refractivity contribution in [3.63, 3.8) is 0 Å². The van der Waals surface area contributed by atoms with E-state index in [2.05, 4.69) is 4.98 Å². The van der Waals surface area contributed by atoms with Gasteiger partial charge in [-0.3, -0.25) is 0 Å². The lowest BCUT2D eigenvalue weighted by Crippen LogP contribution is -1.91. The van der Waals surface area contributed by atoms with E-state index in [1.165, 1.54) is 11.3 Å². The van der Waals surface area contributed by atoms with Crippen LogP contribution in [0.1, 0.15) is 5.69 Å². The molecule has 0 aliphatic rings. The Morgan fingerprint density at radius 1 is 1.31 bits per heavy atom. The molecule has 2 aromatic rings. The summed E-state index contributed by atoms with van der Waals surface area (Å²) in [6.45, 7) is -0.00515. The zero-order valence-corrected chi connectivity index (χ0v) is 9.10. The molecule has 0 atom stereocenters. The Hall–Kier alpha value is -1.33. The van der Waals surface area contributed by atoms with Crippen LogP contribution in [0.2, 0.25) is 0 Å². The third-order valence-electron chi connectivity index (χ3n) is 2.08. The highest BCUT2D eigenvalue weighted by Gasteiger charge is 2.10. The van der Waals surface area contributed by atoms with E-state index in [-0.39, 0.29) is 12.2 Å². The molecule has 0 saturated carbocycles. The Morgan fingerprint density at radius 3 is 2.88 bits per heavy atom. The van der Waals surface area contributed by atoms with E-state index in [0.29, 0.717) is 17.1 Å². The number of hydrogen-bond acceptors (Lipinski definition) is 3. The minimum atomic E-state index is -0.494. The molecule has 2 nitrogen and oxygen atoms in total. The number of nitrogens with zero attached hydrogens (tertiary/aromatic N) is 1. The van der Waals surface area contributed by atoms with Crippen LogP contribution in [0, 0.1) is 11.6 Å². The Bertz CT molecular complexity index is 498. The van der Waals surface area contributed by atoms with Gasteiger partial charge in [-0.05, 0) is 18.2 Å². The zero-order valence-electron chi connectivity index (χ0n) is 8.28. The quantitative estimate of drug-likeness (QED) is 0.896. The summed E-state index contributed by atoms with van der Waals surface area (Å²) in [7, 11) is 0. The van der Waals surface area contributed by atoms with Crippen molar-refractivity contribution in [3.05, 3.63) is 40.9 Å². The molecule has 0 bridgehead atoms. The van der Waals surface area contributed by atoms with Crippen LogP contribution in [-0.4, -0.2) is 16.7 Å². The summed E-state index contributed by atoms with van der Waals surface area (Å²) in [4.78, 5) is 4.12. The van der Waals surface area contributed by atoms with E-state index in [9.17, 15) is 8.78 Å². The maximum atomic E-state index is 13.4. The summed E-state index contributed by atoms with van der Waals surface area (Å²) in [6, 6.07) is 3.27. The lowest BCUT2D eigenvalue weighted by molar-refractivity contribution is 0.298. The van der Waals surface area contributed by atoms with Crippen LogP contribution in [0.5, 0.6) is 0 Å². The molecule has 0 fully saturated rings. The van der Waals surface area contributed by atoms with Crippen molar-refractivity contribution >= 4 is 11.3 Å². The molecule has 1 aromatic carbocycles. The van der Waals surface area contributed by atoms with Crippen molar-refractivity contribution in [3.8, 4) is 10.6 Å². The standard InChI is InChI=1S/C11H9F2NOS/c12-7-1-2-10(13)9(5-7)11-14-8(3-4-15)6-16-11/h1-2,5-6,15H,3-4H2. The van der Waals surface area contributed by atoms with Crippen LogP contribution in [0.15, 0.2) is 23.6 Å². The molecule has 0 amide bonds. The van der Waals surface area contributed by atoms with Gasteiger partial charge in [-0.15, -0.1) is 11.3 Å². The van der Waals surface area contributed by atoms with Gasteiger partial charge in [0.25, 0.3) is 0 Å². The number of hydrogen-bond donors (Lipinski definition) is 1. The molecule has 0 aliphatic carbocycles. The summed E-state index contributed by atoms with van der Waals surface area (Å²) in [5.74, 6) is -0.985. The van der Waals surface area contributed by atoms with E-state index in [0.717, 1.165) is 18.2 Å². The summed E-state index contributed by atoms with van der Waals surface area (Å²) in [5.41, 5.74) is 0.848. The topological polar surface area (TPSA) is 33.1 Å². The predicted octanol–water partition coefficient (Wildman–Crippen LogP) is 2.62. The van der Waals surface area contributed by atoms with Crippen molar-refractivity contribution in [2.75, 3.05) is 6.61 Å². The van der Waals surface area contributed by atoms with Gasteiger partial charge in [0.2, 0.25) is 0 Å². The lowest BCUT2D eigenvalue weighted by atomic mass is 10.2. The van der Waals surface area contributed by atoms with Crippen molar-refractivity contribution in [1.29, 1.82) is 0 Å². The fraction of sp³-hybridized carbons (Fsp3) is 0.182. The first-order valence-corrected chi connectivity index (χ1v) is 5.59. The van der Waals surface area contributed by atoms with Crippen molar-refractivity contribution in [2.45, 2.75) is 6.42 Å². The highest BCUT2D eigenvalue weighted by Crippen LogP contribution is 2.27. The normalized spacial score (nSPS) is 10.7. The number of thiazole rings is 1. The molecule has 1 N–H and O–H groups in total. The second kappa shape index (κ2) is 4.67. The Balaban J connectivity index is 2.38. The highest BCUT2D eigenvalue weighted by atomic mass is 32.1. The van der Waals surface area contributed by atoms with Crippen LogP contribution in [0.4, 0.5) is 8.78 Å². The van der Waals surface area contributed by atoms with Crippen molar-refractivity contribution in [2.24, 2.45) is 0 Å². The largest absolute Gasteiger partial charge is 0.396 e. The highest BCUT2D eigenvalue weighted by molar-refractivity contribution is 7.13. The molecule has 0 unspecified atom stereocenters. The summed E-state index contributed by atoms with van der Waals surface area (Å²) >= 11 is 1.24. The third kappa shape index (κ3) is 2.25. The van der Waals surface area contributed by atoms with Crippen LogP contribution < -0.4 is 0 Å². The van der Waals surface area contributed by atoms with Gasteiger partial charge in [0.1, 0.15) is 16.6 Å². The third-order valence-corrected chi connectivity index (χ3v) is 3.00. The Labute approximate surface area is 95.2 Å². The lowest BCUT2D eigenvalue weighted by Gasteiger charge is -1.98. The molecule has 2 rings (SSSR count). The monoisotopic (exact) mass is 241 g/mol. The second-order valence-corrected chi connectivity index (χ2v) is 4.10. The zero-order chi connectivity index (χ0) is 11.5. The van der Waals surface area contributed by atoms with Gasteiger partial charge >= 0.3 is 0 Å². The van der Waals surface area contributed by atoms with E-state index < -0.39 is 11.6 Å². The Morgan fingerprint density at radius 2 is 2.12 bits per heavy atom. The molecule has 84 valence electrons. The number of halogens is 2. The first kappa shape index (κ1) is 11.2. The molecule has 0 saturated heterocycles. The molecular weight excluding hydrogens is 232 g/mol. The smallest absolute Gasteiger partial charge is 0.133 e. The average Bonchev–Trinajstić information content (AvgIpc) is 2.71. The SMILES string of the molecule is OCCc1csc(-c2cc(F)ccc2F)n1. The maximum Gasteiger partial charge on any atom is 0.133 e. The van der Waals surface area contributed by atoms with Gasteiger partial charge in [-0.1, -0.05) is 0 Å². The minimum absolute atomic E-state index is 0.00515. The van der Waals surface area contributed by atoms with Gasteiger partial charge in [0, 0.05) is 24.0 Å². The van der Waals surface area contributed by atoms with Gasteiger partial charge in [-0.2, -0.15) is 0 Å². The number of aliphatic hydroxyl groups is 1. The number of benzene rings is 1. The molecule has 0 aliphatic heterocycles. The molecular formula is C11H9F2NOS. The van der Waals surface area contributed by atoms with Gasteiger partial charge in [0.15, 0.2) is 0 Å². The first-order chi connectivity index (χ1) is 7.70. The van der Waals surface area contributed by atoms with Crippen LogP contribution in [-0.2, 0) is 6.42 Å². The fourth-order valence-electron chi connectivity index (χ4n) is 1.32. The first-order valence-electron chi connectivity index (χ1n) is 4.71. The number of rotatable bonds is 3. The fourth-order valence-corrected chi connectivity index (χ4v) is 2.19. The summed E-state index contributed by atoms with van der Waals surface area (Å²) in [5, 5.41) is 10.9. The molecule has 0 spiro atoms. The molecule has 5 heteroatoms. The van der Waals surface area contributed by atoms with Gasteiger partial charge in [0.05, 0.1) is 5.69 Å². The van der Waals surface area contributed by atoms with E-state index >= 15 is 0 Å². The van der Waals surface area contributed by atoms with Gasteiger partial charge in [-0.25, -0.2) is 13.8 Å². The summed E-state index contributed by atoms with van der Waals surface area (Å²) in [6.07, 6.45) is 0.424. The van der Waals surface area contributed by atoms with E-state index in [1.54, 1.807) is 5.38 Å². The number of aromatic nitrogens is 1. The Kier molecular flexibility index (Phi) is 3.26. The molecule has 1 aromatic heterocycles.